The van der Waals surface area contributed by atoms with E-state index in [0.29, 0.717) is 0 Å². The Morgan fingerprint density at radius 2 is 1.64 bits per heavy atom. The third-order valence-electron chi connectivity index (χ3n) is 4.07. The molecule has 0 unspecified atom stereocenters. The van der Waals surface area contributed by atoms with Crippen molar-refractivity contribution < 1.29 is 4.57 Å². The standard InChI is InChI=1S/C21H19N4/c1-2-6-18(7-3-1)15-24-12-13-25(17-24)16-19-9-10-21(23-14-19)20-8-4-5-11-22-20/h1-14,17H,15-16H2/q+1. The van der Waals surface area contributed by atoms with E-state index in [-0.39, 0.29) is 0 Å². The minimum atomic E-state index is 0.803. The van der Waals surface area contributed by atoms with Crippen molar-refractivity contribution in [1.82, 2.24) is 14.5 Å². The number of aromatic nitrogens is 4. The monoisotopic (exact) mass is 327 g/mol. The van der Waals surface area contributed by atoms with Crippen LogP contribution in [0.15, 0.2) is 91.8 Å². The lowest BCUT2D eigenvalue weighted by atomic mass is 10.2. The minimum absolute atomic E-state index is 0.803. The Hall–Kier alpha value is -3.27. The molecule has 0 atom stereocenters. The van der Waals surface area contributed by atoms with Crippen molar-refractivity contribution in [2.45, 2.75) is 13.1 Å². The topological polar surface area (TPSA) is 34.6 Å². The van der Waals surface area contributed by atoms with Crippen LogP contribution in [0.5, 0.6) is 0 Å². The molecule has 4 nitrogen and oxygen atoms in total. The van der Waals surface area contributed by atoms with Gasteiger partial charge in [0.05, 0.1) is 11.4 Å². The summed E-state index contributed by atoms with van der Waals surface area (Å²) in [5.74, 6) is 0. The number of hydrogen-bond donors (Lipinski definition) is 0. The molecule has 1 aromatic carbocycles. The van der Waals surface area contributed by atoms with Gasteiger partial charge in [0.25, 0.3) is 0 Å². The molecular weight excluding hydrogens is 308 g/mol. The SMILES string of the molecule is c1ccc(Cn2cc[n+](Cc3ccc(-c4ccccn4)nc3)c2)cc1. The van der Waals surface area contributed by atoms with E-state index in [1.807, 2.05) is 36.5 Å². The molecule has 0 amide bonds. The minimum Gasteiger partial charge on any atom is -0.255 e. The molecule has 4 heteroatoms. The first-order valence-corrected chi connectivity index (χ1v) is 8.32. The molecule has 0 aliphatic rings. The van der Waals surface area contributed by atoms with Crippen molar-refractivity contribution in [3.63, 3.8) is 0 Å². The fraction of sp³-hybridized carbons (Fsp3) is 0.0952. The summed E-state index contributed by atoms with van der Waals surface area (Å²) in [6.07, 6.45) is 10.0. The van der Waals surface area contributed by atoms with Crippen LogP contribution in [-0.2, 0) is 13.1 Å². The van der Waals surface area contributed by atoms with Gasteiger partial charge in [-0.3, -0.25) is 9.97 Å². The highest BCUT2D eigenvalue weighted by Gasteiger charge is 2.07. The zero-order chi connectivity index (χ0) is 16.9. The summed E-state index contributed by atoms with van der Waals surface area (Å²) >= 11 is 0. The molecule has 25 heavy (non-hydrogen) atoms. The molecule has 0 bridgehead atoms. The van der Waals surface area contributed by atoms with Gasteiger partial charge in [-0.25, -0.2) is 9.13 Å². The lowest BCUT2D eigenvalue weighted by Gasteiger charge is -2.01. The fourth-order valence-electron chi connectivity index (χ4n) is 2.81. The first-order valence-electron chi connectivity index (χ1n) is 8.32. The average Bonchev–Trinajstić information content (AvgIpc) is 3.11. The lowest BCUT2D eigenvalue weighted by Crippen LogP contribution is -2.31. The predicted molar refractivity (Wildman–Crippen MR) is 96.7 cm³/mol. The Morgan fingerprint density at radius 3 is 2.40 bits per heavy atom. The molecule has 3 heterocycles. The Labute approximate surface area is 147 Å². The maximum absolute atomic E-state index is 4.54. The fourth-order valence-corrected chi connectivity index (χ4v) is 2.81. The van der Waals surface area contributed by atoms with Gasteiger partial charge >= 0.3 is 0 Å². The van der Waals surface area contributed by atoms with E-state index in [9.17, 15) is 0 Å². The van der Waals surface area contributed by atoms with Gasteiger partial charge in [-0.1, -0.05) is 42.5 Å². The molecule has 0 spiro atoms. The number of pyridine rings is 2. The van der Waals surface area contributed by atoms with Gasteiger partial charge in [0, 0.05) is 18.0 Å². The van der Waals surface area contributed by atoms with Gasteiger partial charge < -0.3 is 0 Å². The number of hydrogen-bond acceptors (Lipinski definition) is 2. The number of nitrogens with zero attached hydrogens (tertiary/aromatic N) is 4. The summed E-state index contributed by atoms with van der Waals surface area (Å²) in [4.78, 5) is 8.87. The van der Waals surface area contributed by atoms with Gasteiger partial charge in [0.1, 0.15) is 25.5 Å². The summed E-state index contributed by atoms with van der Waals surface area (Å²) in [7, 11) is 0. The summed E-state index contributed by atoms with van der Waals surface area (Å²) in [5, 5.41) is 0. The maximum atomic E-state index is 4.54. The van der Waals surface area contributed by atoms with E-state index in [1.165, 1.54) is 11.1 Å². The second kappa shape index (κ2) is 7.09. The summed E-state index contributed by atoms with van der Waals surface area (Å²) < 4.78 is 4.35. The third-order valence-corrected chi connectivity index (χ3v) is 4.07. The molecule has 0 saturated heterocycles. The normalized spacial score (nSPS) is 10.7. The molecule has 0 fully saturated rings. The molecule has 0 aliphatic carbocycles. The van der Waals surface area contributed by atoms with Gasteiger partial charge in [0.2, 0.25) is 6.33 Å². The smallest absolute Gasteiger partial charge is 0.244 e. The third kappa shape index (κ3) is 3.80. The summed E-state index contributed by atoms with van der Waals surface area (Å²) in [6.45, 7) is 1.68. The molecule has 0 saturated carbocycles. The van der Waals surface area contributed by atoms with Crippen LogP contribution in [0, 0.1) is 0 Å². The molecular formula is C21H19N4+. The van der Waals surface area contributed by atoms with E-state index in [0.717, 1.165) is 24.5 Å². The van der Waals surface area contributed by atoms with E-state index >= 15 is 0 Å². The van der Waals surface area contributed by atoms with Gasteiger partial charge in [0.15, 0.2) is 0 Å². The van der Waals surface area contributed by atoms with Gasteiger partial charge in [-0.15, -0.1) is 0 Å². The average molecular weight is 327 g/mol. The number of rotatable bonds is 5. The Balaban J connectivity index is 1.44. The van der Waals surface area contributed by atoms with E-state index in [2.05, 4.69) is 68.2 Å². The lowest BCUT2D eigenvalue weighted by molar-refractivity contribution is -0.687. The molecule has 0 radical (unpaired) electrons. The second-order valence-electron chi connectivity index (χ2n) is 6.01. The Kier molecular flexibility index (Phi) is 4.33. The molecule has 4 aromatic rings. The first-order chi connectivity index (χ1) is 12.4. The number of imidazole rings is 1. The first kappa shape index (κ1) is 15.3. The van der Waals surface area contributed by atoms with Crippen molar-refractivity contribution in [2.24, 2.45) is 0 Å². The van der Waals surface area contributed by atoms with Crippen molar-refractivity contribution in [3.8, 4) is 11.4 Å². The van der Waals surface area contributed by atoms with E-state index < -0.39 is 0 Å². The molecule has 4 rings (SSSR count). The summed E-state index contributed by atoms with van der Waals surface area (Å²) in [6, 6.07) is 20.5. The van der Waals surface area contributed by atoms with Crippen LogP contribution in [0.3, 0.4) is 0 Å². The predicted octanol–water partition coefficient (Wildman–Crippen LogP) is 3.33. The highest BCUT2D eigenvalue weighted by Crippen LogP contribution is 2.13. The van der Waals surface area contributed by atoms with Crippen LogP contribution in [0.4, 0.5) is 0 Å². The van der Waals surface area contributed by atoms with Crippen molar-refractivity contribution in [1.29, 1.82) is 0 Å². The zero-order valence-corrected chi connectivity index (χ0v) is 13.9. The van der Waals surface area contributed by atoms with Crippen molar-refractivity contribution >= 4 is 0 Å². The van der Waals surface area contributed by atoms with Crippen LogP contribution in [0.1, 0.15) is 11.1 Å². The Morgan fingerprint density at radius 1 is 0.800 bits per heavy atom. The molecule has 3 aromatic heterocycles. The largest absolute Gasteiger partial charge is 0.255 e. The van der Waals surface area contributed by atoms with Crippen molar-refractivity contribution in [2.75, 3.05) is 0 Å². The van der Waals surface area contributed by atoms with Crippen LogP contribution in [0.2, 0.25) is 0 Å². The van der Waals surface area contributed by atoms with E-state index in [1.54, 1.807) is 6.20 Å². The van der Waals surface area contributed by atoms with Crippen LogP contribution in [-0.4, -0.2) is 14.5 Å². The molecule has 0 N–H and O–H groups in total. The highest BCUT2D eigenvalue weighted by atomic mass is 15.1. The quantitative estimate of drug-likeness (QED) is 0.527. The van der Waals surface area contributed by atoms with Gasteiger partial charge in [-0.2, -0.15) is 0 Å². The zero-order valence-electron chi connectivity index (χ0n) is 13.9. The molecule has 0 aliphatic heterocycles. The second-order valence-corrected chi connectivity index (χ2v) is 6.01. The number of benzene rings is 1. The summed E-state index contributed by atoms with van der Waals surface area (Å²) in [5.41, 5.74) is 4.26. The van der Waals surface area contributed by atoms with Crippen LogP contribution in [0.25, 0.3) is 11.4 Å². The van der Waals surface area contributed by atoms with Crippen LogP contribution >= 0.6 is 0 Å². The molecule has 122 valence electrons. The van der Waals surface area contributed by atoms with E-state index in [4.69, 9.17) is 0 Å². The van der Waals surface area contributed by atoms with Crippen LogP contribution < -0.4 is 4.57 Å². The van der Waals surface area contributed by atoms with Crippen molar-refractivity contribution in [3.05, 3.63) is 103 Å². The highest BCUT2D eigenvalue weighted by molar-refractivity contribution is 5.53. The Bertz CT molecular complexity index is 929. The maximum Gasteiger partial charge on any atom is 0.244 e. The van der Waals surface area contributed by atoms with Gasteiger partial charge in [-0.05, 0) is 23.8 Å².